The molecule has 0 aromatic rings. The first kappa shape index (κ1) is 12.9. The standard InChI is InChI=1S/C8H15N3O3/c1-8(12)2-4-13-6-7-14-5-3-10-11-9/h2-7H2,1H3. The van der Waals surface area contributed by atoms with Crippen molar-refractivity contribution in [3.63, 3.8) is 0 Å². The molecule has 80 valence electrons. The largest absolute Gasteiger partial charge is 0.379 e. The maximum absolute atomic E-state index is 10.5. The number of rotatable bonds is 9. The lowest BCUT2D eigenvalue weighted by Crippen LogP contribution is -2.08. The van der Waals surface area contributed by atoms with Gasteiger partial charge in [0.25, 0.3) is 0 Å². The Bertz CT molecular complexity index is 194. The lowest BCUT2D eigenvalue weighted by Gasteiger charge is -2.03. The minimum atomic E-state index is 0.120. The van der Waals surface area contributed by atoms with Crippen LogP contribution in [0.25, 0.3) is 10.4 Å². The molecule has 0 amide bonds. The van der Waals surface area contributed by atoms with Gasteiger partial charge in [-0.25, -0.2) is 0 Å². The van der Waals surface area contributed by atoms with Crippen molar-refractivity contribution in [2.24, 2.45) is 5.11 Å². The van der Waals surface area contributed by atoms with Crippen LogP contribution in [0.2, 0.25) is 0 Å². The molecule has 0 aliphatic rings. The van der Waals surface area contributed by atoms with Crippen LogP contribution in [0.15, 0.2) is 5.11 Å². The van der Waals surface area contributed by atoms with Gasteiger partial charge in [0.2, 0.25) is 0 Å². The predicted octanol–water partition coefficient (Wildman–Crippen LogP) is 1.31. The lowest BCUT2D eigenvalue weighted by molar-refractivity contribution is -0.118. The molecule has 0 N–H and O–H groups in total. The molecule has 0 aromatic carbocycles. The van der Waals surface area contributed by atoms with Crippen molar-refractivity contribution in [2.75, 3.05) is 33.0 Å². The Morgan fingerprint density at radius 3 is 2.50 bits per heavy atom. The molecular weight excluding hydrogens is 186 g/mol. The zero-order chi connectivity index (χ0) is 10.6. The highest BCUT2D eigenvalue weighted by Gasteiger charge is 1.93. The number of hydrogen-bond donors (Lipinski definition) is 0. The van der Waals surface area contributed by atoms with Crippen LogP contribution >= 0.6 is 0 Å². The molecule has 0 saturated carbocycles. The number of ether oxygens (including phenoxy) is 2. The van der Waals surface area contributed by atoms with Gasteiger partial charge in [-0.3, -0.25) is 4.79 Å². The summed E-state index contributed by atoms with van der Waals surface area (Å²) >= 11 is 0. The summed E-state index contributed by atoms with van der Waals surface area (Å²) in [4.78, 5) is 13.1. The van der Waals surface area contributed by atoms with Gasteiger partial charge in [-0.1, -0.05) is 5.11 Å². The monoisotopic (exact) mass is 201 g/mol. The summed E-state index contributed by atoms with van der Waals surface area (Å²) in [6.45, 7) is 3.63. The van der Waals surface area contributed by atoms with Gasteiger partial charge in [0.15, 0.2) is 0 Å². The summed E-state index contributed by atoms with van der Waals surface area (Å²) in [6, 6.07) is 0. The average Bonchev–Trinajstić information content (AvgIpc) is 2.15. The number of Topliss-reactive ketones (excluding diaryl/α,β-unsaturated/α-hetero) is 1. The van der Waals surface area contributed by atoms with E-state index in [0.29, 0.717) is 39.4 Å². The Labute approximate surface area is 82.8 Å². The van der Waals surface area contributed by atoms with E-state index < -0.39 is 0 Å². The van der Waals surface area contributed by atoms with Crippen molar-refractivity contribution in [3.8, 4) is 0 Å². The highest BCUT2D eigenvalue weighted by atomic mass is 16.5. The Balaban J connectivity index is 2.99. The fourth-order valence-electron chi connectivity index (χ4n) is 0.688. The van der Waals surface area contributed by atoms with E-state index >= 15 is 0 Å². The summed E-state index contributed by atoms with van der Waals surface area (Å²) in [5.41, 5.74) is 7.94. The molecule has 0 aliphatic carbocycles. The van der Waals surface area contributed by atoms with E-state index in [4.69, 9.17) is 15.0 Å². The maximum atomic E-state index is 10.5. The average molecular weight is 201 g/mol. The SMILES string of the molecule is CC(=O)CCOCCOCCN=[N+]=[N-]. The van der Waals surface area contributed by atoms with E-state index in [-0.39, 0.29) is 5.78 Å². The number of ketones is 1. The smallest absolute Gasteiger partial charge is 0.132 e. The van der Waals surface area contributed by atoms with E-state index in [9.17, 15) is 4.79 Å². The highest BCUT2D eigenvalue weighted by molar-refractivity contribution is 5.75. The molecule has 0 atom stereocenters. The first-order valence-corrected chi connectivity index (χ1v) is 4.43. The number of azide groups is 1. The van der Waals surface area contributed by atoms with Crippen molar-refractivity contribution < 1.29 is 14.3 Å². The van der Waals surface area contributed by atoms with E-state index in [1.165, 1.54) is 6.92 Å². The molecule has 0 heterocycles. The summed E-state index contributed by atoms with van der Waals surface area (Å²) in [5, 5.41) is 3.30. The minimum Gasteiger partial charge on any atom is -0.379 e. The third-order valence-electron chi connectivity index (χ3n) is 1.37. The number of hydrogen-bond acceptors (Lipinski definition) is 4. The first-order chi connectivity index (χ1) is 6.77. The van der Waals surface area contributed by atoms with Gasteiger partial charge in [-0.05, 0) is 12.5 Å². The molecule has 0 aliphatic heterocycles. The summed E-state index contributed by atoms with van der Waals surface area (Å²) in [6.07, 6.45) is 0.443. The van der Waals surface area contributed by atoms with Gasteiger partial charge >= 0.3 is 0 Å². The summed E-state index contributed by atoms with van der Waals surface area (Å²) < 4.78 is 10.2. The normalized spacial score (nSPS) is 9.50. The lowest BCUT2D eigenvalue weighted by atomic mass is 10.3. The van der Waals surface area contributed by atoms with E-state index in [1.807, 2.05) is 0 Å². The minimum absolute atomic E-state index is 0.120. The molecular formula is C8H15N3O3. The van der Waals surface area contributed by atoms with Crippen molar-refractivity contribution in [2.45, 2.75) is 13.3 Å². The fourth-order valence-corrected chi connectivity index (χ4v) is 0.688. The zero-order valence-corrected chi connectivity index (χ0v) is 8.31. The molecule has 0 aromatic heterocycles. The van der Waals surface area contributed by atoms with Gasteiger partial charge in [-0.2, -0.15) is 0 Å². The molecule has 0 radical (unpaired) electrons. The Morgan fingerprint density at radius 2 is 1.93 bits per heavy atom. The molecule has 0 rings (SSSR count). The van der Waals surface area contributed by atoms with Crippen molar-refractivity contribution in [1.29, 1.82) is 0 Å². The molecule has 6 nitrogen and oxygen atoms in total. The Kier molecular flexibility index (Phi) is 9.20. The predicted molar refractivity (Wildman–Crippen MR) is 50.9 cm³/mol. The topological polar surface area (TPSA) is 84.3 Å². The molecule has 0 saturated heterocycles. The van der Waals surface area contributed by atoms with Gasteiger partial charge < -0.3 is 9.47 Å². The zero-order valence-electron chi connectivity index (χ0n) is 8.31. The van der Waals surface area contributed by atoms with Crippen molar-refractivity contribution in [1.82, 2.24) is 0 Å². The van der Waals surface area contributed by atoms with Crippen LogP contribution in [0.3, 0.4) is 0 Å². The summed E-state index contributed by atoms with van der Waals surface area (Å²) in [7, 11) is 0. The quantitative estimate of drug-likeness (QED) is 0.244. The van der Waals surface area contributed by atoms with E-state index in [1.54, 1.807) is 0 Å². The van der Waals surface area contributed by atoms with Gasteiger partial charge in [0.05, 0.1) is 26.4 Å². The molecule has 0 unspecified atom stereocenters. The van der Waals surface area contributed by atoms with Gasteiger partial charge in [-0.15, -0.1) is 0 Å². The van der Waals surface area contributed by atoms with Crippen LogP contribution in [-0.2, 0) is 14.3 Å². The highest BCUT2D eigenvalue weighted by Crippen LogP contribution is 1.85. The molecule has 6 heteroatoms. The Hall–Kier alpha value is -1.10. The van der Waals surface area contributed by atoms with Crippen LogP contribution in [-0.4, -0.2) is 38.8 Å². The Morgan fingerprint density at radius 1 is 1.29 bits per heavy atom. The first-order valence-electron chi connectivity index (χ1n) is 4.43. The van der Waals surface area contributed by atoms with Crippen LogP contribution in [0, 0.1) is 0 Å². The second-order valence-electron chi connectivity index (χ2n) is 2.63. The number of carbonyl (C=O) groups is 1. The maximum Gasteiger partial charge on any atom is 0.132 e. The summed E-state index contributed by atoms with van der Waals surface area (Å²) in [5.74, 6) is 0.120. The molecule has 0 bridgehead atoms. The van der Waals surface area contributed by atoms with Crippen molar-refractivity contribution in [3.05, 3.63) is 10.4 Å². The second-order valence-corrected chi connectivity index (χ2v) is 2.63. The molecule has 0 fully saturated rings. The third-order valence-corrected chi connectivity index (χ3v) is 1.37. The molecule has 14 heavy (non-hydrogen) atoms. The second kappa shape index (κ2) is 9.98. The van der Waals surface area contributed by atoms with Gasteiger partial charge in [0, 0.05) is 17.9 Å². The number of nitrogens with zero attached hydrogens (tertiary/aromatic N) is 3. The van der Waals surface area contributed by atoms with Crippen LogP contribution in [0.5, 0.6) is 0 Å². The van der Waals surface area contributed by atoms with Crippen molar-refractivity contribution >= 4 is 5.78 Å². The van der Waals surface area contributed by atoms with E-state index in [0.717, 1.165) is 0 Å². The van der Waals surface area contributed by atoms with Crippen LogP contribution < -0.4 is 0 Å². The third kappa shape index (κ3) is 10.9. The van der Waals surface area contributed by atoms with Crippen LogP contribution in [0.1, 0.15) is 13.3 Å². The number of carbonyl (C=O) groups excluding carboxylic acids is 1. The molecule has 0 spiro atoms. The van der Waals surface area contributed by atoms with Crippen LogP contribution in [0.4, 0.5) is 0 Å². The fraction of sp³-hybridized carbons (Fsp3) is 0.875. The van der Waals surface area contributed by atoms with E-state index in [2.05, 4.69) is 10.0 Å². The van der Waals surface area contributed by atoms with Gasteiger partial charge in [0.1, 0.15) is 5.78 Å².